The number of benzene rings is 1. The molecule has 0 spiro atoms. The Morgan fingerprint density at radius 2 is 2.17 bits per heavy atom. The van der Waals surface area contributed by atoms with Crippen molar-refractivity contribution < 1.29 is 9.13 Å². The average molecular weight is 253 g/mol. The van der Waals surface area contributed by atoms with Crippen LogP contribution in [0.25, 0.3) is 0 Å². The number of rotatable bonds is 6. The lowest BCUT2D eigenvalue weighted by Gasteiger charge is -2.16. The van der Waals surface area contributed by atoms with E-state index in [0.29, 0.717) is 13.0 Å². The summed E-state index contributed by atoms with van der Waals surface area (Å²) in [4.78, 5) is 2.06. The number of nitrogens with two attached hydrogens (primary N) is 1. The number of hydrogen-bond acceptors (Lipinski definition) is 4. The molecule has 0 bridgehead atoms. The first-order chi connectivity index (χ1) is 8.51. The molecule has 0 amide bonds. The van der Waals surface area contributed by atoms with Crippen LogP contribution in [0, 0.1) is 11.2 Å². The van der Waals surface area contributed by atoms with Crippen LogP contribution >= 0.6 is 0 Å². The molecule has 1 aromatic carbocycles. The Balaban J connectivity index is 2.91. The predicted molar refractivity (Wildman–Crippen MR) is 72.0 cm³/mol. The lowest BCUT2D eigenvalue weighted by atomic mass is 10.0. The van der Waals surface area contributed by atoms with Gasteiger partial charge in [0, 0.05) is 24.4 Å². The highest BCUT2D eigenvalue weighted by Gasteiger charge is 2.16. The van der Waals surface area contributed by atoms with Gasteiger partial charge in [0.15, 0.2) is 11.6 Å². The van der Waals surface area contributed by atoms with Crippen molar-refractivity contribution in [2.24, 2.45) is 0 Å². The van der Waals surface area contributed by atoms with Crippen LogP contribution in [0.1, 0.15) is 18.9 Å². The summed E-state index contributed by atoms with van der Waals surface area (Å²) in [7, 11) is 3.35. The van der Waals surface area contributed by atoms with E-state index in [2.05, 4.69) is 4.90 Å². The maximum atomic E-state index is 14.0. The lowest BCUT2D eigenvalue weighted by molar-refractivity contribution is 0.363. The zero-order valence-electron chi connectivity index (χ0n) is 11.1. The first-order valence-electron chi connectivity index (χ1n) is 5.89. The van der Waals surface area contributed by atoms with Crippen LogP contribution < -0.4 is 10.5 Å². The minimum absolute atomic E-state index is 0.118. The Morgan fingerprint density at radius 3 is 2.72 bits per heavy atom. The molecular formula is C13H20FN3O. The van der Waals surface area contributed by atoms with E-state index in [9.17, 15) is 4.39 Å². The second-order valence-corrected chi connectivity index (χ2v) is 4.17. The molecule has 18 heavy (non-hydrogen) atoms. The summed E-state index contributed by atoms with van der Waals surface area (Å²) in [6.07, 6.45) is 0.457. The molecule has 0 unspecified atom stereocenters. The molecule has 3 N–H and O–H groups in total. The molecule has 5 heteroatoms. The summed E-state index contributed by atoms with van der Waals surface area (Å²) >= 11 is 0. The van der Waals surface area contributed by atoms with Gasteiger partial charge in [-0.05, 0) is 25.7 Å². The fourth-order valence-electron chi connectivity index (χ4n) is 1.62. The van der Waals surface area contributed by atoms with E-state index >= 15 is 0 Å². The highest BCUT2D eigenvalue weighted by Crippen LogP contribution is 2.26. The highest BCUT2D eigenvalue weighted by molar-refractivity contribution is 6.03. The van der Waals surface area contributed by atoms with Crippen molar-refractivity contribution in [3.05, 3.63) is 23.5 Å². The summed E-state index contributed by atoms with van der Waals surface area (Å²) in [6.45, 7) is 3.62. The number of anilines is 1. The Bertz CT molecular complexity index is 434. The van der Waals surface area contributed by atoms with Crippen LogP contribution in [0.15, 0.2) is 12.1 Å². The van der Waals surface area contributed by atoms with Gasteiger partial charge in [0.2, 0.25) is 0 Å². The van der Waals surface area contributed by atoms with Gasteiger partial charge in [0.25, 0.3) is 0 Å². The molecule has 100 valence electrons. The lowest BCUT2D eigenvalue weighted by Crippen LogP contribution is -2.22. The monoisotopic (exact) mass is 253 g/mol. The van der Waals surface area contributed by atoms with Crippen molar-refractivity contribution >= 4 is 11.4 Å². The highest BCUT2D eigenvalue weighted by atomic mass is 19.1. The van der Waals surface area contributed by atoms with Gasteiger partial charge in [-0.15, -0.1) is 0 Å². The third kappa shape index (κ3) is 3.20. The van der Waals surface area contributed by atoms with Gasteiger partial charge in [-0.25, -0.2) is 4.39 Å². The van der Waals surface area contributed by atoms with Crippen molar-refractivity contribution in [2.45, 2.75) is 13.3 Å². The average Bonchev–Trinajstić information content (AvgIpc) is 2.36. The van der Waals surface area contributed by atoms with Gasteiger partial charge < -0.3 is 20.8 Å². The normalized spacial score (nSPS) is 10.7. The van der Waals surface area contributed by atoms with Crippen molar-refractivity contribution in [1.82, 2.24) is 4.90 Å². The van der Waals surface area contributed by atoms with Gasteiger partial charge in [0.1, 0.15) is 0 Å². The quantitative estimate of drug-likeness (QED) is 0.603. The van der Waals surface area contributed by atoms with Crippen molar-refractivity contribution in [1.29, 1.82) is 5.41 Å². The van der Waals surface area contributed by atoms with Gasteiger partial charge in [-0.1, -0.05) is 6.92 Å². The maximum Gasteiger partial charge on any atom is 0.176 e. The number of methoxy groups -OCH3 is 1. The van der Waals surface area contributed by atoms with E-state index < -0.39 is 5.82 Å². The fourth-order valence-corrected chi connectivity index (χ4v) is 1.62. The van der Waals surface area contributed by atoms with Crippen LogP contribution in [-0.2, 0) is 0 Å². The van der Waals surface area contributed by atoms with E-state index in [1.807, 2.05) is 14.0 Å². The summed E-state index contributed by atoms with van der Waals surface area (Å²) in [5.41, 5.74) is 6.36. The number of ether oxygens (including phenoxy) is 1. The number of nitrogens with one attached hydrogen (secondary N) is 1. The van der Waals surface area contributed by atoms with Crippen LogP contribution in [0.5, 0.6) is 5.75 Å². The third-order valence-electron chi connectivity index (χ3n) is 2.94. The fraction of sp³-hybridized carbons (Fsp3) is 0.462. The van der Waals surface area contributed by atoms with Crippen molar-refractivity contribution in [3.63, 3.8) is 0 Å². The minimum Gasteiger partial charge on any atom is -0.494 e. The molecule has 1 aromatic rings. The number of halogens is 1. The molecule has 0 aromatic heterocycles. The second kappa shape index (κ2) is 6.35. The zero-order chi connectivity index (χ0) is 13.7. The van der Waals surface area contributed by atoms with E-state index in [1.165, 1.54) is 13.2 Å². The van der Waals surface area contributed by atoms with Crippen LogP contribution in [0.2, 0.25) is 0 Å². The number of hydrogen-bond donors (Lipinski definition) is 2. The van der Waals surface area contributed by atoms with Crippen molar-refractivity contribution in [3.8, 4) is 5.75 Å². The maximum absolute atomic E-state index is 14.0. The third-order valence-corrected chi connectivity index (χ3v) is 2.94. The van der Waals surface area contributed by atoms with Gasteiger partial charge in [-0.2, -0.15) is 0 Å². The zero-order valence-corrected chi connectivity index (χ0v) is 11.1. The Hall–Kier alpha value is -1.62. The molecular weight excluding hydrogens is 233 g/mol. The first kappa shape index (κ1) is 14.4. The molecule has 0 aliphatic carbocycles. The Morgan fingerprint density at radius 1 is 1.50 bits per heavy atom. The SMILES string of the molecule is CCN(C)CCC(=N)c1c(N)ccc(OC)c1F. The summed E-state index contributed by atoms with van der Waals surface area (Å²) in [6, 6.07) is 3.04. The molecule has 0 heterocycles. The summed E-state index contributed by atoms with van der Waals surface area (Å²) in [5.74, 6) is -0.436. The topological polar surface area (TPSA) is 62.3 Å². The molecule has 0 saturated carbocycles. The van der Waals surface area contributed by atoms with E-state index in [4.69, 9.17) is 15.9 Å². The largest absolute Gasteiger partial charge is 0.494 e. The summed E-state index contributed by atoms with van der Waals surface area (Å²) in [5, 5.41) is 7.95. The predicted octanol–water partition coefficient (Wildman–Crippen LogP) is 2.13. The molecule has 1 rings (SSSR count). The smallest absolute Gasteiger partial charge is 0.176 e. The molecule has 0 aliphatic rings. The Kier molecular flexibility index (Phi) is 5.09. The first-order valence-corrected chi connectivity index (χ1v) is 5.89. The van der Waals surface area contributed by atoms with E-state index in [-0.39, 0.29) is 22.7 Å². The van der Waals surface area contributed by atoms with E-state index in [0.717, 1.165) is 6.54 Å². The van der Waals surface area contributed by atoms with Crippen LogP contribution in [0.4, 0.5) is 10.1 Å². The van der Waals surface area contributed by atoms with Crippen LogP contribution in [-0.4, -0.2) is 37.9 Å². The Labute approximate surface area is 107 Å². The molecule has 0 saturated heterocycles. The van der Waals surface area contributed by atoms with Crippen molar-refractivity contribution in [2.75, 3.05) is 33.0 Å². The van der Waals surface area contributed by atoms with E-state index in [1.54, 1.807) is 6.07 Å². The standard InChI is InChI=1S/C13H20FN3O/c1-4-17(2)8-7-10(16)12-9(15)5-6-11(18-3)13(12)14/h5-6,16H,4,7-8,15H2,1-3H3. The van der Waals surface area contributed by atoms with Gasteiger partial charge >= 0.3 is 0 Å². The molecule has 4 nitrogen and oxygen atoms in total. The minimum atomic E-state index is -0.554. The number of nitrogen functional groups attached to an aromatic ring is 1. The molecule has 0 fully saturated rings. The van der Waals surface area contributed by atoms with Gasteiger partial charge in [0.05, 0.1) is 12.7 Å². The summed E-state index contributed by atoms with van der Waals surface area (Å²) < 4.78 is 18.9. The number of nitrogens with zero attached hydrogens (tertiary/aromatic N) is 1. The molecule has 0 atom stereocenters. The van der Waals surface area contributed by atoms with Gasteiger partial charge in [-0.3, -0.25) is 0 Å². The molecule has 0 aliphatic heterocycles. The van der Waals surface area contributed by atoms with Crippen LogP contribution in [0.3, 0.4) is 0 Å². The second-order valence-electron chi connectivity index (χ2n) is 4.17. The molecule has 0 radical (unpaired) electrons.